The molecule has 0 aromatic carbocycles. The Labute approximate surface area is 132 Å². The highest BCUT2D eigenvalue weighted by molar-refractivity contribution is 4.91. The van der Waals surface area contributed by atoms with Crippen LogP contribution in [0.15, 0.2) is 0 Å². The molecular weight excluding hydrogens is 254 g/mol. The molecule has 2 atom stereocenters. The summed E-state index contributed by atoms with van der Waals surface area (Å²) in [6, 6.07) is 2.79. The van der Waals surface area contributed by atoms with Gasteiger partial charge in [-0.1, -0.05) is 46.0 Å². The Balaban J connectivity index is 1.70. The van der Waals surface area contributed by atoms with E-state index in [0.717, 1.165) is 30.0 Å². The van der Waals surface area contributed by atoms with Gasteiger partial charge in [0, 0.05) is 18.1 Å². The maximum Gasteiger partial charge on any atom is 0.0104 e. The number of hydrogen-bond acceptors (Lipinski definition) is 1. The van der Waals surface area contributed by atoms with Crippen LogP contribution in [0.5, 0.6) is 0 Å². The third-order valence-electron chi connectivity index (χ3n) is 6.73. The Morgan fingerprint density at radius 3 is 1.81 bits per heavy atom. The van der Waals surface area contributed by atoms with E-state index in [4.69, 9.17) is 0 Å². The van der Waals surface area contributed by atoms with Gasteiger partial charge in [0.2, 0.25) is 0 Å². The summed E-state index contributed by atoms with van der Waals surface area (Å²) in [4.78, 5) is 3.10. The lowest BCUT2D eigenvalue weighted by Crippen LogP contribution is -2.52. The molecule has 0 amide bonds. The summed E-state index contributed by atoms with van der Waals surface area (Å²) in [6.07, 6.45) is 19.4. The van der Waals surface area contributed by atoms with E-state index < -0.39 is 0 Å². The highest BCUT2D eigenvalue weighted by atomic mass is 15.2. The summed E-state index contributed by atoms with van der Waals surface area (Å²) >= 11 is 0. The molecule has 1 heteroatoms. The molecule has 0 saturated heterocycles. The SMILES string of the molecule is CC1CCC(N(C2CCCCC2)C2CCCC(C)C2)CC1. The van der Waals surface area contributed by atoms with Gasteiger partial charge in [-0.2, -0.15) is 0 Å². The third kappa shape index (κ3) is 4.03. The largest absolute Gasteiger partial charge is 0.294 e. The summed E-state index contributed by atoms with van der Waals surface area (Å²) < 4.78 is 0. The van der Waals surface area contributed by atoms with Gasteiger partial charge in [0.05, 0.1) is 0 Å². The fourth-order valence-corrected chi connectivity index (χ4v) is 5.49. The van der Waals surface area contributed by atoms with Crippen molar-refractivity contribution in [3.8, 4) is 0 Å². The van der Waals surface area contributed by atoms with Crippen molar-refractivity contribution in [2.45, 2.75) is 115 Å². The van der Waals surface area contributed by atoms with Crippen LogP contribution in [0, 0.1) is 11.8 Å². The van der Waals surface area contributed by atoms with Gasteiger partial charge in [0.25, 0.3) is 0 Å². The predicted molar refractivity (Wildman–Crippen MR) is 91.6 cm³/mol. The standard InChI is InChI=1S/C20H37N/c1-16-11-13-19(14-12-16)21(18-8-4-3-5-9-18)20-10-6-7-17(2)15-20/h16-20H,3-15H2,1-2H3. The van der Waals surface area contributed by atoms with Crippen LogP contribution in [0.2, 0.25) is 0 Å². The molecule has 0 N–H and O–H groups in total. The first-order chi connectivity index (χ1) is 10.2. The van der Waals surface area contributed by atoms with Crippen LogP contribution in [0.4, 0.5) is 0 Å². The van der Waals surface area contributed by atoms with E-state index in [-0.39, 0.29) is 0 Å². The van der Waals surface area contributed by atoms with E-state index in [2.05, 4.69) is 18.7 Å². The molecule has 0 aliphatic heterocycles. The molecule has 1 nitrogen and oxygen atoms in total. The van der Waals surface area contributed by atoms with Crippen LogP contribution in [0.25, 0.3) is 0 Å². The van der Waals surface area contributed by atoms with Crippen LogP contribution in [0.3, 0.4) is 0 Å². The fraction of sp³-hybridized carbons (Fsp3) is 1.00. The second-order valence-electron chi connectivity index (χ2n) is 8.58. The number of rotatable bonds is 3. The summed E-state index contributed by atoms with van der Waals surface area (Å²) in [7, 11) is 0. The summed E-state index contributed by atoms with van der Waals surface area (Å²) in [5.41, 5.74) is 0. The molecule has 0 bridgehead atoms. The molecule has 3 fully saturated rings. The minimum Gasteiger partial charge on any atom is -0.294 e. The molecule has 3 rings (SSSR count). The van der Waals surface area contributed by atoms with Crippen molar-refractivity contribution in [1.82, 2.24) is 4.90 Å². The zero-order chi connectivity index (χ0) is 14.7. The number of nitrogens with zero attached hydrogens (tertiary/aromatic N) is 1. The molecule has 3 aliphatic carbocycles. The van der Waals surface area contributed by atoms with Gasteiger partial charge in [-0.3, -0.25) is 4.90 Å². The minimum atomic E-state index is 0.926. The van der Waals surface area contributed by atoms with Crippen LogP contribution >= 0.6 is 0 Å². The van der Waals surface area contributed by atoms with Gasteiger partial charge in [-0.05, 0) is 63.2 Å². The zero-order valence-electron chi connectivity index (χ0n) is 14.5. The molecule has 3 saturated carbocycles. The normalized spacial score (nSPS) is 39.6. The molecule has 2 unspecified atom stereocenters. The van der Waals surface area contributed by atoms with Gasteiger partial charge in [-0.25, -0.2) is 0 Å². The molecule has 0 aromatic rings. The second kappa shape index (κ2) is 7.49. The lowest BCUT2D eigenvalue weighted by molar-refractivity contribution is 0.00894. The predicted octanol–water partition coefficient (Wildman–Crippen LogP) is 5.78. The van der Waals surface area contributed by atoms with Crippen LogP contribution in [0.1, 0.15) is 97.3 Å². The molecule has 3 aliphatic rings. The van der Waals surface area contributed by atoms with Crippen molar-refractivity contribution in [3.05, 3.63) is 0 Å². The first-order valence-electron chi connectivity index (χ1n) is 10.0. The van der Waals surface area contributed by atoms with Crippen LogP contribution in [-0.4, -0.2) is 23.0 Å². The summed E-state index contributed by atoms with van der Waals surface area (Å²) in [6.45, 7) is 4.96. The van der Waals surface area contributed by atoms with E-state index in [1.807, 2.05) is 0 Å². The van der Waals surface area contributed by atoms with Crippen molar-refractivity contribution < 1.29 is 0 Å². The van der Waals surface area contributed by atoms with Crippen molar-refractivity contribution in [3.63, 3.8) is 0 Å². The van der Waals surface area contributed by atoms with Crippen molar-refractivity contribution >= 4 is 0 Å². The molecule has 21 heavy (non-hydrogen) atoms. The first kappa shape index (κ1) is 15.8. The topological polar surface area (TPSA) is 3.24 Å². The van der Waals surface area contributed by atoms with Gasteiger partial charge in [0.1, 0.15) is 0 Å². The Morgan fingerprint density at radius 2 is 1.14 bits per heavy atom. The molecular formula is C20H37N. The molecule has 0 heterocycles. The van der Waals surface area contributed by atoms with E-state index in [1.54, 1.807) is 0 Å². The smallest absolute Gasteiger partial charge is 0.0104 e. The second-order valence-corrected chi connectivity index (χ2v) is 8.58. The van der Waals surface area contributed by atoms with Crippen LogP contribution < -0.4 is 0 Å². The Hall–Kier alpha value is -0.0400. The molecule has 0 spiro atoms. The maximum atomic E-state index is 3.10. The van der Waals surface area contributed by atoms with E-state index in [9.17, 15) is 0 Å². The highest BCUT2D eigenvalue weighted by Gasteiger charge is 2.36. The van der Waals surface area contributed by atoms with Gasteiger partial charge >= 0.3 is 0 Å². The monoisotopic (exact) mass is 291 g/mol. The minimum absolute atomic E-state index is 0.926. The summed E-state index contributed by atoms with van der Waals surface area (Å²) in [5.74, 6) is 1.96. The first-order valence-corrected chi connectivity index (χ1v) is 10.0. The van der Waals surface area contributed by atoms with Gasteiger partial charge in [-0.15, -0.1) is 0 Å². The average molecular weight is 292 g/mol. The molecule has 0 aromatic heterocycles. The lowest BCUT2D eigenvalue weighted by atomic mass is 9.79. The summed E-state index contributed by atoms with van der Waals surface area (Å²) in [5, 5.41) is 0. The van der Waals surface area contributed by atoms with Crippen molar-refractivity contribution in [2.24, 2.45) is 11.8 Å². The average Bonchev–Trinajstić information content (AvgIpc) is 2.51. The fourth-order valence-electron chi connectivity index (χ4n) is 5.49. The Bertz CT molecular complexity index is 299. The number of hydrogen-bond donors (Lipinski definition) is 0. The Morgan fingerprint density at radius 1 is 0.524 bits per heavy atom. The molecule has 0 radical (unpaired) electrons. The third-order valence-corrected chi connectivity index (χ3v) is 6.73. The highest BCUT2D eigenvalue weighted by Crippen LogP contribution is 2.38. The quantitative estimate of drug-likeness (QED) is 0.637. The Kier molecular flexibility index (Phi) is 5.65. The van der Waals surface area contributed by atoms with Crippen LogP contribution in [-0.2, 0) is 0 Å². The van der Waals surface area contributed by atoms with Gasteiger partial charge in [0.15, 0.2) is 0 Å². The zero-order valence-corrected chi connectivity index (χ0v) is 14.5. The van der Waals surface area contributed by atoms with E-state index in [1.165, 1.54) is 83.5 Å². The van der Waals surface area contributed by atoms with E-state index in [0.29, 0.717) is 0 Å². The maximum absolute atomic E-state index is 3.10. The lowest BCUT2D eigenvalue weighted by Gasteiger charge is -2.49. The van der Waals surface area contributed by atoms with Gasteiger partial charge < -0.3 is 0 Å². The molecule has 122 valence electrons. The van der Waals surface area contributed by atoms with Crippen molar-refractivity contribution in [1.29, 1.82) is 0 Å². The van der Waals surface area contributed by atoms with Crippen molar-refractivity contribution in [2.75, 3.05) is 0 Å². The van der Waals surface area contributed by atoms with E-state index >= 15 is 0 Å².